The summed E-state index contributed by atoms with van der Waals surface area (Å²) in [5.74, 6) is -0.129. The lowest BCUT2D eigenvalue weighted by Gasteiger charge is -2.18. The van der Waals surface area contributed by atoms with Crippen molar-refractivity contribution in [3.8, 4) is 5.82 Å². The highest BCUT2D eigenvalue weighted by molar-refractivity contribution is 5.56. The molecule has 0 unspecified atom stereocenters. The molecule has 0 saturated carbocycles. The average molecular weight is 417 g/mol. The Morgan fingerprint density at radius 1 is 1.06 bits per heavy atom. The largest absolute Gasteiger partial charge is 0.370 e. The van der Waals surface area contributed by atoms with Gasteiger partial charge in [0.05, 0.1) is 11.9 Å². The predicted molar refractivity (Wildman–Crippen MR) is 119 cm³/mol. The van der Waals surface area contributed by atoms with Crippen LogP contribution in [0.2, 0.25) is 0 Å². The maximum Gasteiger partial charge on any atom is 0.229 e. The molecule has 8 heteroatoms. The van der Waals surface area contributed by atoms with E-state index in [0.717, 1.165) is 40.0 Å². The van der Waals surface area contributed by atoms with E-state index in [4.69, 9.17) is 0 Å². The summed E-state index contributed by atoms with van der Waals surface area (Å²) in [5.41, 5.74) is 5.91. The minimum atomic E-state index is -0.539. The second-order valence-corrected chi connectivity index (χ2v) is 7.61. The Morgan fingerprint density at radius 3 is 2.48 bits per heavy atom. The Bertz CT molecular complexity index is 1180. The van der Waals surface area contributed by atoms with Crippen molar-refractivity contribution in [2.75, 3.05) is 17.3 Å². The zero-order chi connectivity index (χ0) is 22.0. The van der Waals surface area contributed by atoms with Crippen LogP contribution >= 0.6 is 0 Å². The molecule has 1 N–H and O–H groups in total. The summed E-state index contributed by atoms with van der Waals surface area (Å²) in [6.07, 6.45) is 6.47. The van der Waals surface area contributed by atoms with Gasteiger partial charge in [0.15, 0.2) is 11.6 Å². The maximum absolute atomic E-state index is 14.6. The van der Waals surface area contributed by atoms with Gasteiger partial charge >= 0.3 is 0 Å². The first-order chi connectivity index (χ1) is 14.9. The van der Waals surface area contributed by atoms with E-state index in [1.165, 1.54) is 4.68 Å². The number of halogens is 1. The van der Waals surface area contributed by atoms with Crippen LogP contribution in [0, 0.1) is 26.6 Å². The predicted octanol–water partition coefficient (Wildman–Crippen LogP) is 4.50. The number of aryl methyl sites for hydroxylation is 3. The number of pyridine rings is 1. The SMILES string of the molecule is Cc1cc(C)cc(Nc2ncc(F)c(-n3cc(CN(C)c4ccncc4)c(C)n3)n2)c1. The van der Waals surface area contributed by atoms with Crippen molar-refractivity contribution in [1.82, 2.24) is 24.7 Å². The van der Waals surface area contributed by atoms with E-state index < -0.39 is 5.82 Å². The van der Waals surface area contributed by atoms with Crippen molar-refractivity contribution in [1.29, 1.82) is 0 Å². The molecule has 7 nitrogen and oxygen atoms in total. The van der Waals surface area contributed by atoms with Gasteiger partial charge in [0.25, 0.3) is 0 Å². The Hall–Kier alpha value is -3.81. The van der Waals surface area contributed by atoms with Gasteiger partial charge in [0, 0.05) is 49.1 Å². The zero-order valence-corrected chi connectivity index (χ0v) is 18.0. The van der Waals surface area contributed by atoms with Gasteiger partial charge in [0.2, 0.25) is 5.95 Å². The zero-order valence-electron chi connectivity index (χ0n) is 18.0. The van der Waals surface area contributed by atoms with Crippen LogP contribution < -0.4 is 10.2 Å². The Balaban J connectivity index is 1.59. The second kappa shape index (κ2) is 8.51. The van der Waals surface area contributed by atoms with Gasteiger partial charge in [-0.3, -0.25) is 4.98 Å². The standard InChI is InChI=1S/C23H24FN7/c1-15-9-16(2)11-19(10-15)27-23-26-12-21(24)22(28-23)31-14-18(17(3)29-31)13-30(4)20-5-7-25-8-6-20/h5-12,14H,13H2,1-4H3,(H,26,27,28). The molecule has 0 atom stereocenters. The maximum atomic E-state index is 14.6. The highest BCUT2D eigenvalue weighted by atomic mass is 19.1. The molecule has 158 valence electrons. The first-order valence-electron chi connectivity index (χ1n) is 9.93. The Labute approximate surface area is 180 Å². The van der Waals surface area contributed by atoms with E-state index in [1.807, 2.05) is 52.1 Å². The minimum absolute atomic E-state index is 0.0998. The van der Waals surface area contributed by atoms with Crippen LogP contribution in [0.5, 0.6) is 0 Å². The summed E-state index contributed by atoms with van der Waals surface area (Å²) in [5, 5.41) is 7.64. The molecule has 0 aliphatic carbocycles. The van der Waals surface area contributed by atoms with Gasteiger partial charge in [-0.2, -0.15) is 10.1 Å². The molecule has 0 spiro atoms. The Kier molecular flexibility index (Phi) is 5.62. The van der Waals surface area contributed by atoms with Crippen molar-refractivity contribution in [3.05, 3.63) is 83.3 Å². The normalized spacial score (nSPS) is 10.9. The molecule has 1 aromatic carbocycles. The Morgan fingerprint density at radius 2 is 1.77 bits per heavy atom. The highest BCUT2D eigenvalue weighted by Gasteiger charge is 2.15. The van der Waals surface area contributed by atoms with Crippen molar-refractivity contribution in [2.45, 2.75) is 27.3 Å². The molecule has 0 amide bonds. The summed E-state index contributed by atoms with van der Waals surface area (Å²) >= 11 is 0. The number of aromatic nitrogens is 5. The van der Waals surface area contributed by atoms with Gasteiger partial charge in [-0.05, 0) is 56.2 Å². The topological polar surface area (TPSA) is 71.8 Å². The van der Waals surface area contributed by atoms with E-state index in [9.17, 15) is 4.39 Å². The third-order valence-corrected chi connectivity index (χ3v) is 4.93. The fraction of sp³-hybridized carbons (Fsp3) is 0.217. The van der Waals surface area contributed by atoms with E-state index >= 15 is 0 Å². The summed E-state index contributed by atoms with van der Waals surface area (Å²) < 4.78 is 16.0. The van der Waals surface area contributed by atoms with Crippen LogP contribution in [0.1, 0.15) is 22.4 Å². The lowest BCUT2D eigenvalue weighted by Crippen LogP contribution is -2.16. The first kappa shape index (κ1) is 20.5. The summed E-state index contributed by atoms with van der Waals surface area (Å²) in [6, 6.07) is 9.94. The van der Waals surface area contributed by atoms with E-state index in [2.05, 4.69) is 36.3 Å². The number of hydrogen-bond acceptors (Lipinski definition) is 6. The number of anilines is 3. The fourth-order valence-corrected chi connectivity index (χ4v) is 3.46. The molecule has 0 aliphatic rings. The molecule has 3 heterocycles. The molecule has 0 bridgehead atoms. The van der Waals surface area contributed by atoms with Crippen molar-refractivity contribution < 1.29 is 4.39 Å². The van der Waals surface area contributed by atoms with Gasteiger partial charge in [0.1, 0.15) is 0 Å². The van der Waals surface area contributed by atoms with Crippen LogP contribution in [0.3, 0.4) is 0 Å². The van der Waals surface area contributed by atoms with E-state index in [0.29, 0.717) is 12.5 Å². The van der Waals surface area contributed by atoms with Crippen molar-refractivity contribution >= 4 is 17.3 Å². The van der Waals surface area contributed by atoms with E-state index in [-0.39, 0.29) is 5.82 Å². The molecule has 0 aliphatic heterocycles. The monoisotopic (exact) mass is 417 g/mol. The van der Waals surface area contributed by atoms with Gasteiger partial charge < -0.3 is 10.2 Å². The third kappa shape index (κ3) is 4.69. The number of rotatable bonds is 6. The second-order valence-electron chi connectivity index (χ2n) is 7.61. The van der Waals surface area contributed by atoms with Crippen LogP contribution in [0.15, 0.2) is 55.1 Å². The fourth-order valence-electron chi connectivity index (χ4n) is 3.46. The number of nitrogens with zero attached hydrogens (tertiary/aromatic N) is 6. The number of benzene rings is 1. The minimum Gasteiger partial charge on any atom is -0.370 e. The molecule has 3 aromatic heterocycles. The van der Waals surface area contributed by atoms with Gasteiger partial charge in [-0.1, -0.05) is 6.07 Å². The number of nitrogens with one attached hydrogen (secondary N) is 1. The molecule has 0 radical (unpaired) electrons. The molecule has 4 aromatic rings. The lowest BCUT2D eigenvalue weighted by molar-refractivity contribution is 0.593. The van der Waals surface area contributed by atoms with Crippen LogP contribution in [0.4, 0.5) is 21.7 Å². The first-order valence-corrected chi connectivity index (χ1v) is 9.93. The van der Waals surface area contributed by atoms with Crippen LogP contribution in [-0.2, 0) is 6.54 Å². The summed E-state index contributed by atoms with van der Waals surface area (Å²) in [6.45, 7) is 6.56. The van der Waals surface area contributed by atoms with Crippen LogP contribution in [-0.4, -0.2) is 31.8 Å². The lowest BCUT2D eigenvalue weighted by atomic mass is 10.1. The van der Waals surface area contributed by atoms with Crippen molar-refractivity contribution in [2.24, 2.45) is 0 Å². The average Bonchev–Trinajstić information content (AvgIpc) is 3.09. The van der Waals surface area contributed by atoms with Gasteiger partial charge in [-0.15, -0.1) is 0 Å². The van der Waals surface area contributed by atoms with Gasteiger partial charge in [-0.25, -0.2) is 14.1 Å². The third-order valence-electron chi connectivity index (χ3n) is 4.93. The summed E-state index contributed by atoms with van der Waals surface area (Å²) in [4.78, 5) is 14.6. The molecular formula is C23H24FN7. The number of hydrogen-bond donors (Lipinski definition) is 1. The molecule has 0 saturated heterocycles. The summed E-state index contributed by atoms with van der Waals surface area (Å²) in [7, 11) is 1.99. The van der Waals surface area contributed by atoms with Crippen molar-refractivity contribution in [3.63, 3.8) is 0 Å². The molecule has 31 heavy (non-hydrogen) atoms. The smallest absolute Gasteiger partial charge is 0.229 e. The van der Waals surface area contributed by atoms with E-state index in [1.54, 1.807) is 18.6 Å². The highest BCUT2D eigenvalue weighted by Crippen LogP contribution is 2.21. The molecule has 4 rings (SSSR count). The molecule has 0 fully saturated rings. The van der Waals surface area contributed by atoms with Crippen LogP contribution in [0.25, 0.3) is 5.82 Å². The quantitative estimate of drug-likeness (QED) is 0.498. The molecular weight excluding hydrogens is 393 g/mol.